The van der Waals surface area contributed by atoms with E-state index in [2.05, 4.69) is 15.9 Å². The van der Waals surface area contributed by atoms with E-state index in [9.17, 15) is 5.11 Å². The van der Waals surface area contributed by atoms with Crippen LogP contribution in [0.25, 0.3) is 0 Å². The van der Waals surface area contributed by atoms with E-state index in [0.717, 1.165) is 21.2 Å². The van der Waals surface area contributed by atoms with Crippen molar-refractivity contribution in [2.75, 3.05) is 6.61 Å². The number of rotatable bonds is 2. The van der Waals surface area contributed by atoms with Crippen molar-refractivity contribution in [2.24, 2.45) is 0 Å². The van der Waals surface area contributed by atoms with E-state index in [-0.39, 0.29) is 12.4 Å². The van der Waals surface area contributed by atoms with E-state index < -0.39 is 0 Å². The number of phenols is 1. The first-order valence-corrected chi connectivity index (χ1v) is 4.95. The van der Waals surface area contributed by atoms with Crippen LogP contribution in [0.1, 0.15) is 16.7 Å². The summed E-state index contributed by atoms with van der Waals surface area (Å²) in [5.41, 5.74) is 3.13. The standard InChI is InChI=1S/C10H13BrO2/c1-6-5-9(13)10(11)7(2)8(6)3-4-12/h5,12-13H,3-4H2,1-2H3. The number of halogens is 1. The van der Waals surface area contributed by atoms with Crippen LogP contribution in [0.5, 0.6) is 5.75 Å². The van der Waals surface area contributed by atoms with Crippen LogP contribution >= 0.6 is 15.9 Å². The Kier molecular flexibility index (Phi) is 3.33. The van der Waals surface area contributed by atoms with Gasteiger partial charge >= 0.3 is 0 Å². The van der Waals surface area contributed by atoms with E-state index in [0.29, 0.717) is 6.42 Å². The van der Waals surface area contributed by atoms with Gasteiger partial charge in [0, 0.05) is 6.61 Å². The average molecular weight is 245 g/mol. The van der Waals surface area contributed by atoms with Gasteiger partial charge in [0.1, 0.15) is 5.75 Å². The average Bonchev–Trinajstić information content (AvgIpc) is 2.09. The minimum atomic E-state index is 0.138. The van der Waals surface area contributed by atoms with Crippen molar-refractivity contribution in [3.05, 3.63) is 27.2 Å². The van der Waals surface area contributed by atoms with Crippen LogP contribution in [0, 0.1) is 13.8 Å². The molecule has 2 nitrogen and oxygen atoms in total. The number of hydrogen-bond acceptors (Lipinski definition) is 2. The van der Waals surface area contributed by atoms with Gasteiger partial charge in [0.25, 0.3) is 0 Å². The first-order chi connectivity index (χ1) is 6.07. The molecule has 0 aliphatic carbocycles. The second-order valence-electron chi connectivity index (χ2n) is 3.10. The van der Waals surface area contributed by atoms with Crippen LogP contribution < -0.4 is 0 Å². The van der Waals surface area contributed by atoms with Crippen molar-refractivity contribution in [2.45, 2.75) is 20.3 Å². The summed E-state index contributed by atoms with van der Waals surface area (Å²) < 4.78 is 0.724. The topological polar surface area (TPSA) is 40.5 Å². The summed E-state index contributed by atoms with van der Waals surface area (Å²) in [4.78, 5) is 0. The molecule has 0 unspecified atom stereocenters. The van der Waals surface area contributed by atoms with Crippen LogP contribution in [0.15, 0.2) is 10.5 Å². The van der Waals surface area contributed by atoms with Gasteiger partial charge in [0.05, 0.1) is 4.47 Å². The van der Waals surface area contributed by atoms with E-state index in [4.69, 9.17) is 5.11 Å². The number of phenolic OH excluding ortho intramolecular Hbond substituents is 1. The van der Waals surface area contributed by atoms with Crippen molar-refractivity contribution in [1.29, 1.82) is 0 Å². The SMILES string of the molecule is Cc1cc(O)c(Br)c(C)c1CCO. The molecule has 0 aromatic heterocycles. The lowest BCUT2D eigenvalue weighted by molar-refractivity contribution is 0.299. The fourth-order valence-corrected chi connectivity index (χ4v) is 1.83. The molecule has 1 aromatic carbocycles. The van der Waals surface area contributed by atoms with Gasteiger partial charge in [-0.3, -0.25) is 0 Å². The smallest absolute Gasteiger partial charge is 0.130 e. The molecule has 0 saturated heterocycles. The Bertz CT molecular complexity index is 321. The van der Waals surface area contributed by atoms with Gasteiger partial charge in [-0.2, -0.15) is 0 Å². The van der Waals surface area contributed by atoms with Crippen LogP contribution in [-0.2, 0) is 6.42 Å². The quantitative estimate of drug-likeness (QED) is 0.839. The van der Waals surface area contributed by atoms with Gasteiger partial charge in [-0.1, -0.05) is 0 Å². The Morgan fingerprint density at radius 2 is 2.00 bits per heavy atom. The van der Waals surface area contributed by atoms with Crippen molar-refractivity contribution >= 4 is 15.9 Å². The minimum Gasteiger partial charge on any atom is -0.507 e. The summed E-state index contributed by atoms with van der Waals surface area (Å²) in [6.07, 6.45) is 0.635. The van der Waals surface area contributed by atoms with Gasteiger partial charge in [-0.15, -0.1) is 0 Å². The second kappa shape index (κ2) is 4.11. The van der Waals surface area contributed by atoms with E-state index >= 15 is 0 Å². The fraction of sp³-hybridized carbons (Fsp3) is 0.400. The molecule has 0 aliphatic rings. The van der Waals surface area contributed by atoms with E-state index in [1.165, 1.54) is 0 Å². The molecule has 1 rings (SSSR count). The molecule has 0 amide bonds. The lowest BCUT2D eigenvalue weighted by Crippen LogP contribution is -1.98. The third-order valence-corrected chi connectivity index (χ3v) is 3.20. The number of aliphatic hydroxyl groups is 1. The van der Waals surface area contributed by atoms with Gasteiger partial charge in [0.2, 0.25) is 0 Å². The number of benzene rings is 1. The molecule has 0 spiro atoms. The van der Waals surface area contributed by atoms with Crippen molar-refractivity contribution in [1.82, 2.24) is 0 Å². The Hall–Kier alpha value is -0.540. The summed E-state index contributed by atoms with van der Waals surface area (Å²) in [7, 11) is 0. The maximum absolute atomic E-state index is 9.46. The predicted molar refractivity (Wildman–Crippen MR) is 56.1 cm³/mol. The molecule has 72 valence electrons. The highest BCUT2D eigenvalue weighted by atomic mass is 79.9. The van der Waals surface area contributed by atoms with Gasteiger partial charge < -0.3 is 10.2 Å². The molecule has 13 heavy (non-hydrogen) atoms. The molecule has 0 heterocycles. The van der Waals surface area contributed by atoms with Gasteiger partial charge in [-0.25, -0.2) is 0 Å². The molecule has 0 atom stereocenters. The third-order valence-electron chi connectivity index (χ3n) is 2.20. The van der Waals surface area contributed by atoms with E-state index in [1.54, 1.807) is 6.07 Å². The predicted octanol–water partition coefficient (Wildman–Crippen LogP) is 2.31. The van der Waals surface area contributed by atoms with Crippen LogP contribution in [0.3, 0.4) is 0 Å². The third kappa shape index (κ3) is 2.03. The first-order valence-electron chi connectivity index (χ1n) is 4.16. The second-order valence-corrected chi connectivity index (χ2v) is 3.90. The number of aromatic hydroxyl groups is 1. The molecule has 0 aliphatic heterocycles. The minimum absolute atomic E-state index is 0.138. The summed E-state index contributed by atoms with van der Waals surface area (Å²) in [6.45, 7) is 4.00. The van der Waals surface area contributed by atoms with Crippen LogP contribution in [0.4, 0.5) is 0 Å². The number of aliphatic hydroxyl groups excluding tert-OH is 1. The Balaban J connectivity index is 3.26. The molecule has 0 saturated carbocycles. The molecular weight excluding hydrogens is 232 g/mol. The van der Waals surface area contributed by atoms with Gasteiger partial charge in [-0.05, 0) is 59.0 Å². The molecule has 2 N–H and O–H groups in total. The molecular formula is C10H13BrO2. The molecule has 3 heteroatoms. The normalized spacial score (nSPS) is 10.5. The lowest BCUT2D eigenvalue weighted by Gasteiger charge is -2.11. The maximum Gasteiger partial charge on any atom is 0.130 e. The molecule has 1 aromatic rings. The van der Waals surface area contributed by atoms with Crippen LogP contribution in [0.2, 0.25) is 0 Å². The highest BCUT2D eigenvalue weighted by Crippen LogP contribution is 2.32. The van der Waals surface area contributed by atoms with Crippen molar-refractivity contribution in [3.63, 3.8) is 0 Å². The maximum atomic E-state index is 9.46. The zero-order valence-corrected chi connectivity index (χ0v) is 9.35. The van der Waals surface area contributed by atoms with E-state index in [1.807, 2.05) is 13.8 Å². The summed E-state index contributed by atoms with van der Waals surface area (Å²) >= 11 is 3.30. The monoisotopic (exact) mass is 244 g/mol. The van der Waals surface area contributed by atoms with Crippen molar-refractivity contribution in [3.8, 4) is 5.75 Å². The Labute approximate surface area is 86.3 Å². The highest BCUT2D eigenvalue weighted by molar-refractivity contribution is 9.10. The Morgan fingerprint density at radius 1 is 1.38 bits per heavy atom. The molecule has 0 radical (unpaired) electrons. The number of hydrogen-bond donors (Lipinski definition) is 2. The zero-order chi connectivity index (χ0) is 10.0. The number of aryl methyl sites for hydroxylation is 1. The van der Waals surface area contributed by atoms with Crippen molar-refractivity contribution < 1.29 is 10.2 Å². The fourth-order valence-electron chi connectivity index (χ4n) is 1.47. The molecule has 0 bridgehead atoms. The van der Waals surface area contributed by atoms with Gasteiger partial charge in [0.15, 0.2) is 0 Å². The van der Waals surface area contributed by atoms with Crippen LogP contribution in [-0.4, -0.2) is 16.8 Å². The summed E-state index contributed by atoms with van der Waals surface area (Å²) in [5, 5.41) is 18.3. The first kappa shape index (κ1) is 10.5. The Morgan fingerprint density at radius 3 is 2.54 bits per heavy atom. The lowest BCUT2D eigenvalue weighted by atomic mass is 10.00. The summed E-state index contributed by atoms with van der Waals surface area (Å²) in [5.74, 6) is 0.261. The summed E-state index contributed by atoms with van der Waals surface area (Å²) in [6, 6.07) is 1.71. The molecule has 0 fully saturated rings. The zero-order valence-electron chi connectivity index (χ0n) is 7.76. The largest absolute Gasteiger partial charge is 0.507 e. The highest BCUT2D eigenvalue weighted by Gasteiger charge is 2.09.